The normalized spacial score (nSPS) is 21.6. The molecule has 6 rings (SSSR count). The lowest BCUT2D eigenvalue weighted by molar-refractivity contribution is -0.136. The van der Waals surface area contributed by atoms with Crippen molar-refractivity contribution in [2.45, 2.75) is 45.3 Å². The zero-order chi connectivity index (χ0) is 30.5. The van der Waals surface area contributed by atoms with Gasteiger partial charge in [0.1, 0.15) is 11.6 Å². The molecule has 3 saturated heterocycles. The molecule has 1 atom stereocenters. The van der Waals surface area contributed by atoms with E-state index in [1.165, 1.54) is 0 Å². The van der Waals surface area contributed by atoms with Gasteiger partial charge in [0.05, 0.1) is 16.7 Å². The molecule has 1 unspecified atom stereocenters. The second-order valence-electron chi connectivity index (χ2n) is 12.8. The summed E-state index contributed by atoms with van der Waals surface area (Å²) < 4.78 is 5.45. The van der Waals surface area contributed by atoms with E-state index >= 15 is 0 Å². The van der Waals surface area contributed by atoms with Crippen LogP contribution in [0.5, 0.6) is 0 Å². The molecule has 3 fully saturated rings. The van der Waals surface area contributed by atoms with Gasteiger partial charge in [-0.15, -0.1) is 0 Å². The number of fused-ring (bicyclic) bond motifs is 1. The Morgan fingerprint density at radius 2 is 1.51 bits per heavy atom. The molecule has 4 aliphatic rings. The van der Waals surface area contributed by atoms with Gasteiger partial charge in [-0.3, -0.25) is 34.3 Å². The number of piperazine rings is 1. The fourth-order valence-corrected chi connectivity index (χ4v) is 6.25. The number of hydrogen-bond donors (Lipinski definition) is 1. The fraction of sp³-hybridized carbons (Fsp3) is 0.469. The molecular formula is C32H37N5O6. The number of rotatable bonds is 6. The number of nitrogens with one attached hydrogen (secondary N) is 1. The minimum atomic E-state index is -0.962. The molecule has 4 amide bonds. The Kier molecular flexibility index (Phi) is 7.45. The Morgan fingerprint density at radius 1 is 0.860 bits per heavy atom. The molecule has 0 aromatic heterocycles. The first kappa shape index (κ1) is 28.9. The van der Waals surface area contributed by atoms with Gasteiger partial charge in [0.15, 0.2) is 0 Å². The van der Waals surface area contributed by atoms with Crippen molar-refractivity contribution in [1.29, 1.82) is 0 Å². The Bertz CT molecular complexity index is 1470. The van der Waals surface area contributed by atoms with E-state index in [-0.39, 0.29) is 24.7 Å². The summed E-state index contributed by atoms with van der Waals surface area (Å²) in [7, 11) is 0. The second kappa shape index (κ2) is 11.1. The van der Waals surface area contributed by atoms with E-state index in [9.17, 15) is 24.0 Å². The number of benzene rings is 2. The topological polar surface area (TPSA) is 120 Å². The predicted octanol–water partition coefficient (Wildman–Crippen LogP) is 2.30. The summed E-state index contributed by atoms with van der Waals surface area (Å²) in [5.41, 5.74) is 2.63. The summed E-state index contributed by atoms with van der Waals surface area (Å²) in [5.74, 6) is -1.70. The SMILES string of the molecule is CC(C)(C)OC(=O)c1ccc(N2CC(CN3CCN(c4ccc5c(c4)C(=O)N(C4CCC(=O)NC4=O)C5=O)CC3)C2)cc1. The van der Waals surface area contributed by atoms with Crippen molar-refractivity contribution < 1.29 is 28.7 Å². The highest BCUT2D eigenvalue weighted by atomic mass is 16.6. The van der Waals surface area contributed by atoms with Gasteiger partial charge < -0.3 is 14.5 Å². The number of imide groups is 2. The van der Waals surface area contributed by atoms with E-state index in [4.69, 9.17) is 4.74 Å². The van der Waals surface area contributed by atoms with Crippen LogP contribution >= 0.6 is 0 Å². The van der Waals surface area contributed by atoms with E-state index in [1.807, 2.05) is 51.1 Å². The Labute approximate surface area is 250 Å². The number of amides is 4. The van der Waals surface area contributed by atoms with Crippen molar-refractivity contribution in [3.05, 3.63) is 59.2 Å². The van der Waals surface area contributed by atoms with Crippen LogP contribution in [0.4, 0.5) is 11.4 Å². The van der Waals surface area contributed by atoms with Gasteiger partial charge in [-0.25, -0.2) is 4.79 Å². The molecule has 2 aromatic rings. The molecule has 4 heterocycles. The van der Waals surface area contributed by atoms with Crippen molar-refractivity contribution in [3.63, 3.8) is 0 Å². The number of anilines is 2. The van der Waals surface area contributed by atoms with Crippen LogP contribution in [0, 0.1) is 5.92 Å². The van der Waals surface area contributed by atoms with Crippen molar-refractivity contribution >= 4 is 41.0 Å². The zero-order valence-electron chi connectivity index (χ0n) is 24.8. The third-order valence-corrected chi connectivity index (χ3v) is 8.50. The monoisotopic (exact) mass is 587 g/mol. The van der Waals surface area contributed by atoms with Crippen LogP contribution in [0.15, 0.2) is 42.5 Å². The molecule has 1 N–H and O–H groups in total. The van der Waals surface area contributed by atoms with Gasteiger partial charge >= 0.3 is 5.97 Å². The number of hydrogen-bond acceptors (Lipinski definition) is 9. The molecule has 4 aliphatic heterocycles. The molecular weight excluding hydrogens is 550 g/mol. The van der Waals surface area contributed by atoms with Crippen LogP contribution < -0.4 is 15.1 Å². The maximum absolute atomic E-state index is 13.2. The third kappa shape index (κ3) is 5.86. The minimum Gasteiger partial charge on any atom is -0.456 e. The maximum atomic E-state index is 13.2. The molecule has 2 aromatic carbocycles. The van der Waals surface area contributed by atoms with Crippen molar-refractivity contribution in [3.8, 4) is 0 Å². The number of piperidine rings is 1. The molecule has 0 radical (unpaired) electrons. The molecule has 226 valence electrons. The lowest BCUT2D eigenvalue weighted by Gasteiger charge is -2.45. The first-order valence-electron chi connectivity index (χ1n) is 14.9. The standard InChI is InChI=1S/C32H37N5O6/c1-32(2,3)43-31(42)21-4-6-22(7-5-21)36-18-20(19-36)17-34-12-14-35(15-13-34)23-8-9-24-25(16-23)30(41)37(29(24)40)26-10-11-27(38)33-28(26)39/h4-9,16,20,26H,10-15,17-19H2,1-3H3,(H,33,38,39). The zero-order valence-corrected chi connectivity index (χ0v) is 24.8. The van der Waals surface area contributed by atoms with Crippen LogP contribution in [0.3, 0.4) is 0 Å². The summed E-state index contributed by atoms with van der Waals surface area (Å²) in [6.45, 7) is 11.9. The van der Waals surface area contributed by atoms with Gasteiger partial charge in [-0.05, 0) is 69.7 Å². The van der Waals surface area contributed by atoms with E-state index in [0.717, 1.165) is 62.1 Å². The van der Waals surface area contributed by atoms with Crippen LogP contribution in [-0.4, -0.2) is 96.9 Å². The lowest BCUT2D eigenvalue weighted by Crippen LogP contribution is -2.55. The van der Waals surface area contributed by atoms with Crippen LogP contribution in [0.1, 0.15) is 64.7 Å². The minimum absolute atomic E-state index is 0.0984. The summed E-state index contributed by atoms with van der Waals surface area (Å²) in [6.07, 6.45) is 0.241. The quantitative estimate of drug-likeness (QED) is 0.401. The Morgan fingerprint density at radius 3 is 2.16 bits per heavy atom. The lowest BCUT2D eigenvalue weighted by atomic mass is 9.97. The highest BCUT2D eigenvalue weighted by Crippen LogP contribution is 2.32. The average Bonchev–Trinajstić information content (AvgIpc) is 3.19. The summed E-state index contributed by atoms with van der Waals surface area (Å²) in [6, 6.07) is 11.9. The molecule has 0 saturated carbocycles. The van der Waals surface area contributed by atoms with Gasteiger partial charge in [-0.2, -0.15) is 0 Å². The van der Waals surface area contributed by atoms with E-state index in [1.54, 1.807) is 12.1 Å². The number of carbonyl (C=O) groups excluding carboxylic acids is 5. The molecule has 43 heavy (non-hydrogen) atoms. The largest absolute Gasteiger partial charge is 0.456 e. The van der Waals surface area contributed by atoms with E-state index < -0.39 is 29.4 Å². The number of ether oxygens (including phenoxy) is 1. The van der Waals surface area contributed by atoms with Crippen LogP contribution in [-0.2, 0) is 14.3 Å². The van der Waals surface area contributed by atoms with E-state index in [2.05, 4.69) is 20.0 Å². The Hall–Kier alpha value is -4.25. The van der Waals surface area contributed by atoms with Gasteiger partial charge in [0.25, 0.3) is 11.8 Å². The number of carbonyl (C=O) groups is 5. The molecule has 0 aliphatic carbocycles. The smallest absolute Gasteiger partial charge is 0.338 e. The maximum Gasteiger partial charge on any atom is 0.338 e. The first-order chi connectivity index (χ1) is 20.5. The predicted molar refractivity (Wildman–Crippen MR) is 159 cm³/mol. The highest BCUT2D eigenvalue weighted by Gasteiger charge is 2.45. The first-order valence-corrected chi connectivity index (χ1v) is 14.9. The average molecular weight is 588 g/mol. The van der Waals surface area contributed by atoms with Gasteiger partial charge in [0.2, 0.25) is 11.8 Å². The second-order valence-corrected chi connectivity index (χ2v) is 12.8. The molecule has 11 heteroatoms. The molecule has 0 spiro atoms. The summed E-state index contributed by atoms with van der Waals surface area (Å²) >= 11 is 0. The number of nitrogens with zero attached hydrogens (tertiary/aromatic N) is 4. The van der Waals surface area contributed by atoms with Gasteiger partial charge in [-0.1, -0.05) is 0 Å². The van der Waals surface area contributed by atoms with Crippen LogP contribution in [0.2, 0.25) is 0 Å². The Balaban J connectivity index is 0.988. The molecule has 0 bridgehead atoms. The summed E-state index contributed by atoms with van der Waals surface area (Å²) in [5, 5.41) is 2.23. The highest BCUT2D eigenvalue weighted by molar-refractivity contribution is 6.23. The fourth-order valence-electron chi connectivity index (χ4n) is 6.25. The van der Waals surface area contributed by atoms with E-state index in [0.29, 0.717) is 22.6 Å². The van der Waals surface area contributed by atoms with Crippen molar-refractivity contribution in [2.24, 2.45) is 5.92 Å². The van der Waals surface area contributed by atoms with Gasteiger partial charge in [0, 0.05) is 69.5 Å². The van der Waals surface area contributed by atoms with Crippen LogP contribution in [0.25, 0.3) is 0 Å². The number of esters is 1. The molecule has 11 nitrogen and oxygen atoms in total. The van der Waals surface area contributed by atoms with Crippen molar-refractivity contribution in [1.82, 2.24) is 15.1 Å². The third-order valence-electron chi connectivity index (χ3n) is 8.50. The van der Waals surface area contributed by atoms with Crippen molar-refractivity contribution in [2.75, 3.05) is 55.6 Å². The summed E-state index contributed by atoms with van der Waals surface area (Å²) in [4.78, 5) is 70.4.